The van der Waals surface area contributed by atoms with Crippen LogP contribution in [0, 0.1) is 11.3 Å². The Kier molecular flexibility index (Phi) is 3.83. The first-order valence-corrected chi connectivity index (χ1v) is 9.17. The van der Waals surface area contributed by atoms with Crippen molar-refractivity contribution in [2.75, 3.05) is 6.54 Å². The molecule has 0 amide bonds. The summed E-state index contributed by atoms with van der Waals surface area (Å²) in [5.74, 6) is 0.498. The van der Waals surface area contributed by atoms with Crippen molar-refractivity contribution in [3.63, 3.8) is 0 Å². The lowest BCUT2D eigenvalue weighted by Gasteiger charge is -2.19. The smallest absolute Gasteiger partial charge is 0.257 e. The van der Waals surface area contributed by atoms with Crippen molar-refractivity contribution < 1.29 is 8.42 Å². The molecule has 0 aromatic carbocycles. The standard InChI is InChI=1S/C14H24N4O2S/c1-10(2)14(5-6-14)9-17-21(19,20)13-11(8-16-18-13)7-15-12-3-4-12/h8,10,12,15,17H,3-7,9H2,1-2H3,(H,16,18). The predicted octanol–water partition coefficient (Wildman–Crippen LogP) is 1.38. The number of hydrogen-bond acceptors (Lipinski definition) is 4. The Morgan fingerprint density at radius 1 is 1.43 bits per heavy atom. The lowest BCUT2D eigenvalue weighted by atomic mass is 9.93. The topological polar surface area (TPSA) is 86.9 Å². The van der Waals surface area contributed by atoms with Gasteiger partial charge in [0.2, 0.25) is 0 Å². The van der Waals surface area contributed by atoms with E-state index in [0.29, 0.717) is 30.6 Å². The maximum atomic E-state index is 12.5. The minimum Gasteiger partial charge on any atom is -0.310 e. The molecule has 1 heterocycles. The van der Waals surface area contributed by atoms with Crippen molar-refractivity contribution in [2.24, 2.45) is 11.3 Å². The summed E-state index contributed by atoms with van der Waals surface area (Å²) < 4.78 is 27.7. The van der Waals surface area contributed by atoms with Gasteiger partial charge in [0.1, 0.15) is 0 Å². The third-order valence-electron chi connectivity index (χ3n) is 4.84. The molecule has 6 nitrogen and oxygen atoms in total. The number of nitrogens with one attached hydrogen (secondary N) is 3. The second-order valence-corrected chi connectivity index (χ2v) is 8.42. The number of aromatic amines is 1. The molecule has 1 aromatic rings. The van der Waals surface area contributed by atoms with Crippen molar-refractivity contribution in [1.82, 2.24) is 20.2 Å². The van der Waals surface area contributed by atoms with Gasteiger partial charge < -0.3 is 5.32 Å². The normalized spacial score (nSPS) is 20.9. The number of rotatable bonds is 8. The minimum atomic E-state index is -3.51. The Morgan fingerprint density at radius 3 is 2.71 bits per heavy atom. The Morgan fingerprint density at radius 2 is 2.14 bits per heavy atom. The fourth-order valence-electron chi connectivity index (χ4n) is 2.63. The van der Waals surface area contributed by atoms with Gasteiger partial charge in [0, 0.05) is 24.7 Å². The van der Waals surface area contributed by atoms with E-state index in [1.807, 2.05) is 0 Å². The van der Waals surface area contributed by atoms with Crippen molar-refractivity contribution in [2.45, 2.75) is 57.1 Å². The summed E-state index contributed by atoms with van der Waals surface area (Å²) in [6, 6.07) is 0.541. The van der Waals surface area contributed by atoms with Gasteiger partial charge in [-0.3, -0.25) is 5.10 Å². The van der Waals surface area contributed by atoms with Crippen molar-refractivity contribution in [1.29, 1.82) is 0 Å². The quantitative estimate of drug-likeness (QED) is 0.677. The van der Waals surface area contributed by atoms with E-state index in [1.54, 1.807) is 6.20 Å². The highest BCUT2D eigenvalue weighted by atomic mass is 32.2. The van der Waals surface area contributed by atoms with E-state index < -0.39 is 10.0 Å². The lowest BCUT2D eigenvalue weighted by Crippen LogP contribution is -2.33. The fourth-order valence-corrected chi connectivity index (χ4v) is 3.89. The zero-order valence-corrected chi connectivity index (χ0v) is 13.5. The average molecular weight is 312 g/mol. The van der Waals surface area contributed by atoms with Crippen LogP contribution in [0.2, 0.25) is 0 Å². The molecule has 0 unspecified atom stereocenters. The molecule has 2 aliphatic carbocycles. The molecule has 1 aromatic heterocycles. The summed E-state index contributed by atoms with van der Waals surface area (Å²) in [4.78, 5) is 0. The van der Waals surface area contributed by atoms with E-state index in [9.17, 15) is 8.42 Å². The van der Waals surface area contributed by atoms with Crippen LogP contribution < -0.4 is 10.0 Å². The Bertz CT molecular complexity index is 600. The van der Waals surface area contributed by atoms with E-state index in [-0.39, 0.29) is 10.4 Å². The molecule has 3 rings (SSSR count). The van der Waals surface area contributed by atoms with E-state index in [4.69, 9.17) is 0 Å². The molecule has 21 heavy (non-hydrogen) atoms. The molecule has 2 fully saturated rings. The maximum absolute atomic E-state index is 12.5. The molecule has 3 N–H and O–H groups in total. The summed E-state index contributed by atoms with van der Waals surface area (Å²) in [5.41, 5.74) is 0.864. The van der Waals surface area contributed by atoms with Crippen LogP contribution in [0.1, 0.15) is 45.1 Å². The monoisotopic (exact) mass is 312 g/mol. The van der Waals surface area contributed by atoms with Crippen LogP contribution in [-0.4, -0.2) is 31.2 Å². The third kappa shape index (κ3) is 3.30. The number of H-pyrrole nitrogens is 1. The highest BCUT2D eigenvalue weighted by molar-refractivity contribution is 7.89. The van der Waals surface area contributed by atoms with Crippen LogP contribution >= 0.6 is 0 Å². The second kappa shape index (κ2) is 5.37. The number of nitrogens with zero attached hydrogens (tertiary/aromatic N) is 1. The summed E-state index contributed by atoms with van der Waals surface area (Å²) in [5, 5.41) is 10.1. The molecule has 2 aliphatic rings. The summed E-state index contributed by atoms with van der Waals surface area (Å²) >= 11 is 0. The van der Waals surface area contributed by atoms with Crippen LogP contribution in [0.3, 0.4) is 0 Å². The summed E-state index contributed by atoms with van der Waals surface area (Å²) in [7, 11) is -3.51. The molecule has 0 spiro atoms. The van der Waals surface area contributed by atoms with Gasteiger partial charge in [-0.15, -0.1) is 0 Å². The highest BCUT2D eigenvalue weighted by Gasteiger charge is 2.45. The van der Waals surface area contributed by atoms with Gasteiger partial charge in [-0.05, 0) is 37.0 Å². The molecule has 0 saturated heterocycles. The highest BCUT2D eigenvalue weighted by Crippen LogP contribution is 2.51. The van der Waals surface area contributed by atoms with Gasteiger partial charge >= 0.3 is 0 Å². The van der Waals surface area contributed by atoms with Gasteiger partial charge in [0.25, 0.3) is 10.0 Å². The summed E-state index contributed by atoms with van der Waals surface area (Å²) in [6.07, 6.45) is 6.15. The molecule has 0 bridgehead atoms. The molecule has 2 saturated carbocycles. The van der Waals surface area contributed by atoms with Crippen LogP contribution in [-0.2, 0) is 16.6 Å². The first-order valence-electron chi connectivity index (χ1n) is 7.68. The van der Waals surface area contributed by atoms with Crippen molar-refractivity contribution in [3.05, 3.63) is 11.8 Å². The molecular weight excluding hydrogens is 288 g/mol. The van der Waals surface area contributed by atoms with Gasteiger partial charge in [-0.1, -0.05) is 13.8 Å². The second-order valence-electron chi connectivity index (χ2n) is 6.72. The predicted molar refractivity (Wildman–Crippen MR) is 80.1 cm³/mol. The van der Waals surface area contributed by atoms with Crippen LogP contribution in [0.15, 0.2) is 11.2 Å². The Balaban J connectivity index is 1.65. The van der Waals surface area contributed by atoms with Gasteiger partial charge in [-0.2, -0.15) is 5.10 Å². The Hall–Kier alpha value is -0.920. The molecule has 0 aliphatic heterocycles. The number of hydrogen-bond donors (Lipinski definition) is 3. The van der Waals surface area contributed by atoms with Crippen LogP contribution in [0.5, 0.6) is 0 Å². The molecule has 0 radical (unpaired) electrons. The number of sulfonamides is 1. The van der Waals surface area contributed by atoms with Crippen LogP contribution in [0.25, 0.3) is 0 Å². The van der Waals surface area contributed by atoms with Crippen LogP contribution in [0.4, 0.5) is 0 Å². The van der Waals surface area contributed by atoms with E-state index in [1.165, 1.54) is 12.8 Å². The molecule has 118 valence electrons. The SMILES string of the molecule is CC(C)C1(CNS(=O)(=O)c2[nH]ncc2CNC2CC2)CC1. The van der Waals surface area contributed by atoms with Crippen molar-refractivity contribution >= 4 is 10.0 Å². The lowest BCUT2D eigenvalue weighted by molar-refractivity contribution is 0.357. The number of aromatic nitrogens is 2. The van der Waals surface area contributed by atoms with Crippen molar-refractivity contribution in [3.8, 4) is 0 Å². The Labute approximate surface area is 126 Å². The largest absolute Gasteiger partial charge is 0.310 e. The van der Waals surface area contributed by atoms with Gasteiger partial charge in [-0.25, -0.2) is 13.1 Å². The zero-order valence-electron chi connectivity index (χ0n) is 12.6. The molecule has 0 atom stereocenters. The van der Waals surface area contributed by atoms with E-state index in [2.05, 4.69) is 34.1 Å². The van der Waals surface area contributed by atoms with Gasteiger partial charge in [0.15, 0.2) is 5.03 Å². The first-order chi connectivity index (χ1) is 9.93. The van der Waals surface area contributed by atoms with E-state index >= 15 is 0 Å². The minimum absolute atomic E-state index is 0.152. The van der Waals surface area contributed by atoms with Gasteiger partial charge in [0.05, 0.1) is 6.20 Å². The third-order valence-corrected chi connectivity index (χ3v) is 6.25. The van der Waals surface area contributed by atoms with E-state index in [0.717, 1.165) is 12.8 Å². The zero-order chi connectivity index (χ0) is 15.1. The molecule has 7 heteroatoms. The molecular formula is C14H24N4O2S. The fraction of sp³-hybridized carbons (Fsp3) is 0.786. The maximum Gasteiger partial charge on any atom is 0.257 e. The summed E-state index contributed by atoms with van der Waals surface area (Å²) in [6.45, 7) is 5.37. The first kappa shape index (κ1) is 15.0. The average Bonchev–Trinajstić information content (AvgIpc) is 3.34.